The van der Waals surface area contributed by atoms with Gasteiger partial charge in [0.2, 0.25) is 0 Å². The Morgan fingerprint density at radius 2 is 1.17 bits per heavy atom. The SMILES string of the molecule is CC(=O)N(c1ccccc1)c1nc(CP(I)(c2ccccc2)(c2ccccc2)c2ccccc2)c[se]1. The van der Waals surface area contributed by atoms with Gasteiger partial charge in [-0.25, -0.2) is 0 Å². The van der Waals surface area contributed by atoms with Crippen molar-refractivity contribution in [2.24, 2.45) is 0 Å². The third kappa shape index (κ3) is 4.50. The van der Waals surface area contributed by atoms with Gasteiger partial charge in [-0.2, -0.15) is 0 Å². The maximum absolute atomic E-state index is 12.7. The van der Waals surface area contributed by atoms with E-state index in [0.717, 1.165) is 22.2 Å². The Hall–Kier alpha value is -2.56. The van der Waals surface area contributed by atoms with Crippen molar-refractivity contribution in [1.29, 1.82) is 0 Å². The van der Waals surface area contributed by atoms with Crippen LogP contribution in [-0.2, 0) is 11.0 Å². The van der Waals surface area contributed by atoms with E-state index in [4.69, 9.17) is 4.98 Å². The van der Waals surface area contributed by atoms with Crippen LogP contribution in [0.3, 0.4) is 0 Å². The molecule has 36 heavy (non-hydrogen) atoms. The van der Waals surface area contributed by atoms with E-state index in [2.05, 4.69) is 118 Å². The molecular weight excluding hydrogens is 641 g/mol. The van der Waals surface area contributed by atoms with Gasteiger partial charge in [0.15, 0.2) is 0 Å². The summed E-state index contributed by atoms with van der Waals surface area (Å²) in [5.74, 6) is -0.0161. The van der Waals surface area contributed by atoms with Crippen molar-refractivity contribution < 1.29 is 4.79 Å². The number of para-hydroxylation sites is 1. The Morgan fingerprint density at radius 1 is 0.750 bits per heavy atom. The fourth-order valence-corrected chi connectivity index (χ4v) is 15.4. The molecule has 0 bridgehead atoms. The number of amides is 1. The molecule has 0 radical (unpaired) electrons. The van der Waals surface area contributed by atoms with Crippen molar-refractivity contribution in [3.8, 4) is 0 Å². The number of hydrogen-bond donors (Lipinski definition) is 0. The first-order chi connectivity index (χ1) is 17.5. The van der Waals surface area contributed by atoms with Gasteiger partial charge in [-0.05, 0) is 0 Å². The van der Waals surface area contributed by atoms with E-state index >= 15 is 0 Å². The van der Waals surface area contributed by atoms with Crippen LogP contribution >= 0.6 is 26.3 Å². The van der Waals surface area contributed by atoms with E-state index in [1.807, 2.05) is 30.3 Å². The molecule has 0 spiro atoms. The van der Waals surface area contributed by atoms with Crippen LogP contribution in [0.25, 0.3) is 0 Å². The third-order valence-corrected chi connectivity index (χ3v) is 19.3. The Kier molecular flexibility index (Phi) is 7.27. The van der Waals surface area contributed by atoms with Crippen molar-refractivity contribution in [3.63, 3.8) is 0 Å². The molecule has 0 saturated carbocycles. The summed E-state index contributed by atoms with van der Waals surface area (Å²) < 4.78 is -2.14. The molecule has 4 aromatic carbocycles. The second-order valence-corrected chi connectivity index (χ2v) is 21.0. The molecule has 0 aliphatic rings. The van der Waals surface area contributed by atoms with Crippen LogP contribution in [0.1, 0.15) is 12.6 Å². The topological polar surface area (TPSA) is 33.2 Å². The van der Waals surface area contributed by atoms with Crippen molar-refractivity contribution >= 4 is 73.0 Å². The van der Waals surface area contributed by atoms with Crippen LogP contribution in [-0.4, -0.2) is 25.4 Å². The van der Waals surface area contributed by atoms with Crippen LogP contribution in [0.2, 0.25) is 0 Å². The molecule has 6 heteroatoms. The molecule has 1 heterocycles. The van der Waals surface area contributed by atoms with E-state index < -0.39 is 4.25 Å². The fraction of sp³-hybridized carbons (Fsp3) is 0.0667. The average molecular weight is 667 g/mol. The zero-order valence-electron chi connectivity index (χ0n) is 19.9. The van der Waals surface area contributed by atoms with Gasteiger partial charge in [-0.1, -0.05) is 0 Å². The van der Waals surface area contributed by atoms with Crippen molar-refractivity contribution in [2.45, 2.75) is 13.1 Å². The summed E-state index contributed by atoms with van der Waals surface area (Å²) >= 11 is 2.76. The van der Waals surface area contributed by atoms with Gasteiger partial charge in [0.1, 0.15) is 0 Å². The monoisotopic (exact) mass is 668 g/mol. The number of rotatable bonds is 7. The summed E-state index contributed by atoms with van der Waals surface area (Å²) in [6.07, 6.45) is 0.788. The minimum absolute atomic E-state index is 0.0161. The molecule has 180 valence electrons. The molecule has 0 aliphatic heterocycles. The van der Waals surface area contributed by atoms with E-state index in [1.165, 1.54) is 15.9 Å². The third-order valence-electron chi connectivity index (χ3n) is 6.40. The number of anilines is 2. The molecular formula is C30H26IN2OPSe. The molecule has 0 fully saturated rings. The first-order valence-corrected chi connectivity index (χ1v) is 18.8. The van der Waals surface area contributed by atoms with Gasteiger partial charge < -0.3 is 0 Å². The first-order valence-electron chi connectivity index (χ1n) is 11.7. The Morgan fingerprint density at radius 3 is 1.58 bits per heavy atom. The Labute approximate surface area is 231 Å². The van der Waals surface area contributed by atoms with Gasteiger partial charge in [0, 0.05) is 0 Å². The molecule has 5 aromatic rings. The van der Waals surface area contributed by atoms with Crippen LogP contribution in [0.4, 0.5) is 10.4 Å². The quantitative estimate of drug-likeness (QED) is 0.118. The Bertz CT molecular complexity index is 1360. The summed E-state index contributed by atoms with van der Waals surface area (Å²) in [5, 5.41) is 3.97. The van der Waals surface area contributed by atoms with E-state index in [0.29, 0.717) is 0 Å². The molecule has 1 amide bonds. The molecule has 0 saturated heterocycles. The number of carbonyl (C=O) groups is 1. The van der Waals surface area contributed by atoms with Gasteiger partial charge in [-0.3, -0.25) is 0 Å². The van der Waals surface area contributed by atoms with Gasteiger partial charge in [0.25, 0.3) is 0 Å². The molecule has 0 atom stereocenters. The van der Waals surface area contributed by atoms with Crippen molar-refractivity contribution in [3.05, 3.63) is 132 Å². The van der Waals surface area contributed by atoms with Crippen LogP contribution in [0.15, 0.2) is 126 Å². The van der Waals surface area contributed by atoms with E-state index in [1.54, 1.807) is 11.8 Å². The number of benzene rings is 4. The first kappa shape index (κ1) is 25.1. The van der Waals surface area contributed by atoms with Crippen molar-refractivity contribution in [2.75, 3.05) is 4.90 Å². The molecule has 0 N–H and O–H groups in total. The normalized spacial score (nSPS) is 12.4. The second-order valence-electron chi connectivity index (χ2n) is 8.66. The predicted molar refractivity (Wildman–Crippen MR) is 163 cm³/mol. The molecule has 3 nitrogen and oxygen atoms in total. The number of carbonyl (C=O) groups excluding carboxylic acids is 1. The number of aromatic nitrogens is 1. The summed E-state index contributed by atoms with van der Waals surface area (Å²) in [6.45, 7) is 1.61. The van der Waals surface area contributed by atoms with E-state index in [9.17, 15) is 4.79 Å². The summed E-state index contributed by atoms with van der Waals surface area (Å²) in [7, 11) is 0. The van der Waals surface area contributed by atoms with Crippen LogP contribution in [0.5, 0.6) is 0 Å². The molecule has 5 rings (SSSR count). The summed E-state index contributed by atoms with van der Waals surface area (Å²) in [4.78, 5) is 21.8. The average Bonchev–Trinajstić information content (AvgIpc) is 3.38. The second kappa shape index (κ2) is 10.4. The maximum atomic E-state index is 12.7. The standard InChI is InChI=1S/C30H26IN2OPSe/c1-24(34)33(26-14-6-2-7-15-26)30-32-25(23-36-30)22-35(31,27-16-8-3-9-17-27,28-18-10-4-11-19-28)29-20-12-5-13-21-29/h2-21,23H,22H2,1H3. The summed E-state index contributed by atoms with van der Waals surface area (Å²) in [5.41, 5.74) is 1.91. The predicted octanol–water partition coefficient (Wildman–Crippen LogP) is 6.20. The molecule has 0 aliphatic carbocycles. The number of halogens is 1. The van der Waals surface area contributed by atoms with Crippen molar-refractivity contribution in [1.82, 2.24) is 4.98 Å². The Balaban J connectivity index is 1.70. The minimum atomic E-state index is -2.98. The van der Waals surface area contributed by atoms with Gasteiger partial charge in [-0.15, -0.1) is 0 Å². The summed E-state index contributed by atoms with van der Waals surface area (Å²) in [6, 6.07) is 42.5. The van der Waals surface area contributed by atoms with Gasteiger partial charge in [0.05, 0.1) is 0 Å². The fourth-order valence-electron chi connectivity index (χ4n) is 4.72. The van der Waals surface area contributed by atoms with E-state index in [-0.39, 0.29) is 20.4 Å². The molecule has 1 aromatic heterocycles. The number of nitrogens with zero attached hydrogens (tertiary/aromatic N) is 2. The zero-order chi connectivity index (χ0) is 25.0. The van der Waals surface area contributed by atoms with Gasteiger partial charge >= 0.3 is 233 Å². The van der Waals surface area contributed by atoms with Crippen LogP contribution < -0.4 is 20.8 Å². The molecule has 0 unspecified atom stereocenters. The number of hydrogen-bond acceptors (Lipinski definition) is 2. The van der Waals surface area contributed by atoms with Crippen LogP contribution in [0, 0.1) is 0 Å². The zero-order valence-corrected chi connectivity index (χ0v) is 24.6.